The minimum atomic E-state index is -0.868. The van der Waals surface area contributed by atoms with E-state index in [9.17, 15) is 14.7 Å². The number of amides is 2. The van der Waals surface area contributed by atoms with Crippen LogP contribution in [0.25, 0.3) is 0 Å². The van der Waals surface area contributed by atoms with Crippen LogP contribution in [0.5, 0.6) is 5.75 Å². The number of carboxylic acids is 1. The molecule has 1 fully saturated rings. The van der Waals surface area contributed by atoms with Crippen LogP contribution in [0.4, 0.5) is 4.79 Å². The topological polar surface area (TPSA) is 108 Å². The number of rotatable bonds is 3. The third-order valence-electron chi connectivity index (χ3n) is 5.04. The molecule has 2 aliphatic rings. The molecule has 1 aromatic rings. The van der Waals surface area contributed by atoms with E-state index >= 15 is 0 Å². The Labute approximate surface area is 150 Å². The molecular formula is C17H24N2O5S. The summed E-state index contributed by atoms with van der Waals surface area (Å²) >= 11 is 1.44. The fourth-order valence-electron chi connectivity index (χ4n) is 3.51. The number of ether oxygens (including phenoxy) is 1. The van der Waals surface area contributed by atoms with Crippen LogP contribution < -0.4 is 15.4 Å². The number of carboxylic acid groups (broad SMARTS) is 1. The third-order valence-corrected chi connectivity index (χ3v) is 6.02. The fraction of sp³-hybridized carbons (Fsp3) is 0.647. The summed E-state index contributed by atoms with van der Waals surface area (Å²) in [6, 6.07) is 0.922. The molecule has 0 aromatic carbocycles. The minimum Gasteiger partial charge on any atom is -0.484 e. The van der Waals surface area contributed by atoms with Crippen molar-refractivity contribution < 1.29 is 24.5 Å². The Balaban J connectivity index is 1.61. The van der Waals surface area contributed by atoms with Crippen LogP contribution in [0.1, 0.15) is 50.4 Å². The average molecular weight is 368 g/mol. The maximum Gasteiger partial charge on any atom is 0.315 e. The van der Waals surface area contributed by atoms with Crippen molar-refractivity contribution in [3.8, 4) is 5.75 Å². The summed E-state index contributed by atoms with van der Waals surface area (Å²) in [6.45, 7) is 3.58. The van der Waals surface area contributed by atoms with E-state index in [2.05, 4.69) is 10.6 Å². The largest absolute Gasteiger partial charge is 0.484 e. The van der Waals surface area contributed by atoms with E-state index in [1.807, 2.05) is 11.4 Å². The maximum absolute atomic E-state index is 12.4. The highest BCUT2D eigenvalue weighted by Crippen LogP contribution is 2.42. The molecule has 2 atom stereocenters. The molecule has 0 saturated heterocycles. The molecule has 0 bridgehead atoms. The van der Waals surface area contributed by atoms with Gasteiger partial charge in [0.25, 0.3) is 0 Å². The van der Waals surface area contributed by atoms with Gasteiger partial charge in [0.2, 0.25) is 0 Å². The molecule has 1 aliphatic heterocycles. The summed E-state index contributed by atoms with van der Waals surface area (Å²) in [5.41, 5.74) is -0.800. The van der Waals surface area contributed by atoms with E-state index in [1.54, 1.807) is 13.8 Å². The number of carbonyl (C=O) groups is 2. The Kier molecular flexibility index (Phi) is 4.92. The zero-order valence-electron chi connectivity index (χ0n) is 14.3. The van der Waals surface area contributed by atoms with E-state index in [0.29, 0.717) is 31.4 Å². The number of aliphatic hydroxyl groups is 1. The molecule has 3 rings (SSSR count). The van der Waals surface area contributed by atoms with Gasteiger partial charge in [-0.25, -0.2) is 4.79 Å². The summed E-state index contributed by atoms with van der Waals surface area (Å²) < 4.78 is 5.80. The second-order valence-electron chi connectivity index (χ2n) is 7.28. The molecule has 0 unspecified atom stereocenters. The Bertz CT molecular complexity index is 651. The van der Waals surface area contributed by atoms with E-state index in [1.165, 1.54) is 11.3 Å². The molecular weight excluding hydrogens is 344 g/mol. The van der Waals surface area contributed by atoms with Crippen LogP contribution >= 0.6 is 11.3 Å². The number of aliphatic carboxylic acids is 1. The number of nitrogens with one attached hydrogen (secondary N) is 2. The minimum absolute atomic E-state index is 0.0385. The molecule has 1 saturated carbocycles. The molecule has 2 heterocycles. The Morgan fingerprint density at radius 2 is 1.92 bits per heavy atom. The molecule has 25 heavy (non-hydrogen) atoms. The van der Waals surface area contributed by atoms with Crippen molar-refractivity contribution in [3.05, 3.63) is 16.3 Å². The third kappa shape index (κ3) is 3.74. The molecule has 4 N–H and O–H groups in total. The van der Waals surface area contributed by atoms with E-state index in [-0.39, 0.29) is 18.0 Å². The van der Waals surface area contributed by atoms with Crippen molar-refractivity contribution in [2.24, 2.45) is 5.92 Å². The standard InChI is InChI=1S/C17H24N2O5S/c1-17(2)14(20)12(13-11(24-17)7-8-25-13)19-16(23)18-10-5-3-9(4-6-10)15(21)22/h7-10,12,14,20H,3-6H2,1-2H3,(H,21,22)(H2,18,19,23)/t9?,10?,12-,14+/m1/s1. The number of hydrogen-bond acceptors (Lipinski definition) is 5. The Morgan fingerprint density at radius 3 is 2.56 bits per heavy atom. The Hall–Kier alpha value is -1.80. The first-order chi connectivity index (χ1) is 11.8. The summed E-state index contributed by atoms with van der Waals surface area (Å²) in [5, 5.41) is 27.3. The van der Waals surface area contributed by atoms with E-state index < -0.39 is 23.7 Å². The summed E-state index contributed by atoms with van der Waals surface area (Å²) in [5.74, 6) is -0.388. The van der Waals surface area contributed by atoms with Crippen LogP contribution in [0.15, 0.2) is 11.4 Å². The van der Waals surface area contributed by atoms with Gasteiger partial charge in [-0.3, -0.25) is 4.79 Å². The molecule has 2 amide bonds. The Morgan fingerprint density at radius 1 is 1.24 bits per heavy atom. The number of hydrogen-bond donors (Lipinski definition) is 4. The molecule has 0 radical (unpaired) electrons. The number of carbonyl (C=O) groups excluding carboxylic acids is 1. The van der Waals surface area contributed by atoms with Gasteiger partial charge in [-0.05, 0) is 51.0 Å². The van der Waals surface area contributed by atoms with Crippen molar-refractivity contribution in [3.63, 3.8) is 0 Å². The highest BCUT2D eigenvalue weighted by molar-refractivity contribution is 7.10. The lowest BCUT2D eigenvalue weighted by molar-refractivity contribution is -0.142. The van der Waals surface area contributed by atoms with Crippen LogP contribution in [-0.2, 0) is 4.79 Å². The maximum atomic E-state index is 12.4. The summed E-state index contributed by atoms with van der Waals surface area (Å²) in [7, 11) is 0. The monoisotopic (exact) mass is 368 g/mol. The van der Waals surface area contributed by atoms with E-state index in [4.69, 9.17) is 9.84 Å². The van der Waals surface area contributed by atoms with Crippen molar-refractivity contribution in [2.75, 3.05) is 0 Å². The van der Waals surface area contributed by atoms with E-state index in [0.717, 1.165) is 4.88 Å². The van der Waals surface area contributed by atoms with Crippen LogP contribution in [-0.4, -0.2) is 40.0 Å². The van der Waals surface area contributed by atoms with Crippen molar-refractivity contribution >= 4 is 23.3 Å². The lowest BCUT2D eigenvalue weighted by Crippen LogP contribution is -2.55. The zero-order valence-corrected chi connectivity index (χ0v) is 15.1. The normalized spacial score (nSPS) is 30.7. The van der Waals surface area contributed by atoms with Gasteiger partial charge in [-0.1, -0.05) is 0 Å². The van der Waals surface area contributed by atoms with Gasteiger partial charge in [0.15, 0.2) is 0 Å². The second-order valence-corrected chi connectivity index (χ2v) is 8.23. The first-order valence-corrected chi connectivity index (χ1v) is 9.40. The highest BCUT2D eigenvalue weighted by atomic mass is 32.1. The van der Waals surface area contributed by atoms with Gasteiger partial charge < -0.3 is 25.6 Å². The molecule has 1 aromatic heterocycles. The van der Waals surface area contributed by atoms with Crippen molar-refractivity contribution in [2.45, 2.75) is 63.3 Å². The smallest absolute Gasteiger partial charge is 0.315 e. The molecule has 0 spiro atoms. The first kappa shape index (κ1) is 18.0. The van der Waals surface area contributed by atoms with Gasteiger partial charge in [0.1, 0.15) is 17.5 Å². The SMILES string of the molecule is CC1(C)Oc2ccsc2[C@@H](NC(=O)NC2CCC(C(=O)O)CC2)[C@@H]1O. The summed E-state index contributed by atoms with van der Waals surface area (Å²) in [6.07, 6.45) is 1.57. The predicted molar refractivity (Wildman–Crippen MR) is 92.8 cm³/mol. The zero-order chi connectivity index (χ0) is 18.2. The average Bonchev–Trinajstić information content (AvgIpc) is 2.99. The number of thiophene rings is 1. The fourth-order valence-corrected chi connectivity index (χ4v) is 4.40. The van der Waals surface area contributed by atoms with Crippen molar-refractivity contribution in [1.82, 2.24) is 10.6 Å². The van der Waals surface area contributed by atoms with Crippen LogP contribution in [0.3, 0.4) is 0 Å². The highest BCUT2D eigenvalue weighted by Gasteiger charge is 2.44. The number of aliphatic hydroxyl groups excluding tert-OH is 1. The number of urea groups is 1. The lowest BCUT2D eigenvalue weighted by atomic mass is 9.86. The van der Waals surface area contributed by atoms with Gasteiger partial charge in [0.05, 0.1) is 16.8 Å². The van der Waals surface area contributed by atoms with Crippen molar-refractivity contribution in [1.29, 1.82) is 0 Å². The molecule has 7 nitrogen and oxygen atoms in total. The first-order valence-electron chi connectivity index (χ1n) is 8.52. The van der Waals surface area contributed by atoms with Gasteiger partial charge >= 0.3 is 12.0 Å². The van der Waals surface area contributed by atoms with Gasteiger partial charge in [-0.15, -0.1) is 11.3 Å². The molecule has 138 valence electrons. The lowest BCUT2D eigenvalue weighted by Gasteiger charge is -2.41. The van der Waals surface area contributed by atoms with Gasteiger partial charge in [0, 0.05) is 6.04 Å². The van der Waals surface area contributed by atoms with Crippen LogP contribution in [0, 0.1) is 5.92 Å². The quantitative estimate of drug-likeness (QED) is 0.655. The molecule has 8 heteroatoms. The summed E-state index contributed by atoms with van der Waals surface area (Å²) in [4.78, 5) is 24.2. The number of fused-ring (bicyclic) bond motifs is 1. The van der Waals surface area contributed by atoms with Crippen LogP contribution in [0.2, 0.25) is 0 Å². The second kappa shape index (κ2) is 6.84. The molecule has 1 aliphatic carbocycles. The predicted octanol–water partition coefficient (Wildman–Crippen LogP) is 2.26. The van der Waals surface area contributed by atoms with Gasteiger partial charge in [-0.2, -0.15) is 0 Å².